The molecule has 140 valence electrons. The Bertz CT molecular complexity index is 749. The van der Waals surface area contributed by atoms with E-state index in [2.05, 4.69) is 11.8 Å². The Balaban J connectivity index is 1.69. The third-order valence-electron chi connectivity index (χ3n) is 6.03. The fourth-order valence-electron chi connectivity index (χ4n) is 5.03. The van der Waals surface area contributed by atoms with E-state index in [1.165, 1.54) is 12.1 Å². The second-order valence-corrected chi connectivity index (χ2v) is 7.51. The Morgan fingerprint density at radius 3 is 2.54 bits per heavy atom. The summed E-state index contributed by atoms with van der Waals surface area (Å²) in [7, 11) is 0. The minimum Gasteiger partial charge on any atom is -0.299 e. The van der Waals surface area contributed by atoms with Crippen LogP contribution in [0.5, 0.6) is 0 Å². The number of carbonyl (C=O) groups excluding carboxylic acids is 2. The normalized spacial score (nSPS) is 31.6. The quantitative estimate of drug-likeness (QED) is 0.771. The van der Waals surface area contributed by atoms with E-state index in [9.17, 15) is 22.8 Å². The van der Waals surface area contributed by atoms with Gasteiger partial charge in [-0.15, -0.1) is 0 Å². The number of anilines is 1. The minimum atomic E-state index is -4.51. The molecule has 26 heavy (non-hydrogen) atoms. The van der Waals surface area contributed by atoms with Gasteiger partial charge in [0.25, 0.3) is 0 Å². The zero-order chi connectivity index (χ0) is 18.6. The lowest BCUT2D eigenvalue weighted by atomic mass is 9.66. The molecule has 7 heteroatoms. The van der Waals surface area contributed by atoms with Gasteiger partial charge in [-0.3, -0.25) is 14.5 Å². The molecule has 2 bridgehead atoms. The van der Waals surface area contributed by atoms with E-state index < -0.39 is 17.7 Å². The predicted octanol–water partition coefficient (Wildman–Crippen LogP) is 3.32. The third-order valence-corrected chi connectivity index (χ3v) is 6.03. The van der Waals surface area contributed by atoms with Crippen molar-refractivity contribution < 1.29 is 22.8 Å². The highest BCUT2D eigenvalue weighted by molar-refractivity contribution is 6.22. The molecule has 4 unspecified atom stereocenters. The van der Waals surface area contributed by atoms with Gasteiger partial charge in [0.1, 0.15) is 0 Å². The van der Waals surface area contributed by atoms with Crippen molar-refractivity contribution in [1.29, 1.82) is 0 Å². The highest BCUT2D eigenvalue weighted by Gasteiger charge is 2.60. The van der Waals surface area contributed by atoms with Crippen molar-refractivity contribution in [1.82, 2.24) is 4.90 Å². The van der Waals surface area contributed by atoms with E-state index >= 15 is 0 Å². The Morgan fingerprint density at radius 1 is 1.12 bits per heavy atom. The molecule has 4 atom stereocenters. The van der Waals surface area contributed by atoms with Gasteiger partial charge in [0.05, 0.1) is 23.1 Å². The predicted molar refractivity (Wildman–Crippen MR) is 89.3 cm³/mol. The van der Waals surface area contributed by atoms with Crippen molar-refractivity contribution in [2.45, 2.75) is 38.4 Å². The number of hydrogen-bond donors (Lipinski definition) is 0. The summed E-state index contributed by atoms with van der Waals surface area (Å²) in [5, 5.41) is 0. The average molecular weight is 366 g/mol. The molecule has 3 heterocycles. The average Bonchev–Trinajstić information content (AvgIpc) is 2.88. The van der Waals surface area contributed by atoms with Gasteiger partial charge >= 0.3 is 6.18 Å². The molecular weight excluding hydrogens is 345 g/mol. The third kappa shape index (κ3) is 2.55. The van der Waals surface area contributed by atoms with Gasteiger partial charge in [0.15, 0.2) is 0 Å². The fourth-order valence-corrected chi connectivity index (χ4v) is 5.03. The van der Waals surface area contributed by atoms with E-state index in [0.717, 1.165) is 49.4 Å². The van der Waals surface area contributed by atoms with Crippen LogP contribution in [0.2, 0.25) is 0 Å². The highest BCUT2D eigenvalue weighted by atomic mass is 19.4. The lowest BCUT2D eigenvalue weighted by molar-refractivity contribution is -0.137. The molecule has 5 rings (SSSR count). The molecule has 1 aromatic rings. The molecule has 0 radical (unpaired) electrons. The first-order chi connectivity index (χ1) is 12.3. The fraction of sp³-hybridized carbons (Fsp3) is 0.579. The molecular formula is C19H21F3N2O2. The SMILES string of the molecule is CCCN1CC2CCC1C1C(=O)N(c3cccc(C(F)(F)F)c3)C(=O)C21. The molecule has 2 amide bonds. The summed E-state index contributed by atoms with van der Waals surface area (Å²) in [5.41, 5.74) is -0.813. The van der Waals surface area contributed by atoms with Crippen LogP contribution in [0.4, 0.5) is 18.9 Å². The summed E-state index contributed by atoms with van der Waals surface area (Å²) < 4.78 is 39.1. The molecule has 3 saturated heterocycles. The topological polar surface area (TPSA) is 40.6 Å². The smallest absolute Gasteiger partial charge is 0.299 e. The Hall–Kier alpha value is -1.89. The Kier molecular flexibility index (Phi) is 4.10. The van der Waals surface area contributed by atoms with Crippen molar-refractivity contribution >= 4 is 17.5 Å². The number of amides is 2. The summed E-state index contributed by atoms with van der Waals surface area (Å²) in [6.45, 7) is 3.76. The molecule has 4 aliphatic rings. The largest absolute Gasteiger partial charge is 0.416 e. The van der Waals surface area contributed by atoms with E-state index in [-0.39, 0.29) is 35.4 Å². The van der Waals surface area contributed by atoms with Crippen LogP contribution in [-0.4, -0.2) is 35.8 Å². The molecule has 0 aromatic heterocycles. The van der Waals surface area contributed by atoms with Crippen LogP contribution in [0.15, 0.2) is 24.3 Å². The van der Waals surface area contributed by atoms with Gasteiger partial charge in [-0.05, 0) is 49.9 Å². The molecule has 3 aliphatic heterocycles. The number of rotatable bonds is 3. The number of halogens is 3. The van der Waals surface area contributed by atoms with Gasteiger partial charge in [0.2, 0.25) is 11.8 Å². The van der Waals surface area contributed by atoms with Crippen LogP contribution in [0.25, 0.3) is 0 Å². The molecule has 1 saturated carbocycles. The van der Waals surface area contributed by atoms with Crippen molar-refractivity contribution in [2.75, 3.05) is 18.0 Å². The van der Waals surface area contributed by atoms with Crippen LogP contribution < -0.4 is 4.90 Å². The van der Waals surface area contributed by atoms with Crippen LogP contribution in [-0.2, 0) is 15.8 Å². The summed E-state index contributed by atoms with van der Waals surface area (Å²) in [6, 6.07) is 4.54. The van der Waals surface area contributed by atoms with E-state index in [4.69, 9.17) is 0 Å². The second-order valence-electron chi connectivity index (χ2n) is 7.51. The van der Waals surface area contributed by atoms with Gasteiger partial charge < -0.3 is 0 Å². The van der Waals surface area contributed by atoms with E-state index in [1.807, 2.05) is 0 Å². The number of piperidine rings is 2. The highest BCUT2D eigenvalue weighted by Crippen LogP contribution is 2.49. The Labute approximate surface area is 149 Å². The van der Waals surface area contributed by atoms with Crippen LogP contribution >= 0.6 is 0 Å². The zero-order valence-electron chi connectivity index (χ0n) is 14.5. The summed E-state index contributed by atoms with van der Waals surface area (Å²) in [4.78, 5) is 29.3. The lowest BCUT2D eigenvalue weighted by Gasteiger charge is -2.50. The first kappa shape index (κ1) is 17.5. The van der Waals surface area contributed by atoms with Gasteiger partial charge in [0, 0.05) is 12.6 Å². The maximum absolute atomic E-state index is 13.0. The maximum atomic E-state index is 13.0. The summed E-state index contributed by atoms with van der Waals surface area (Å²) in [5.74, 6) is -1.36. The van der Waals surface area contributed by atoms with Crippen molar-refractivity contribution in [3.63, 3.8) is 0 Å². The summed E-state index contributed by atoms with van der Waals surface area (Å²) >= 11 is 0. The number of nitrogens with zero attached hydrogens (tertiary/aromatic N) is 2. The monoisotopic (exact) mass is 366 g/mol. The van der Waals surface area contributed by atoms with Crippen LogP contribution in [0.3, 0.4) is 0 Å². The van der Waals surface area contributed by atoms with Crippen LogP contribution in [0.1, 0.15) is 31.7 Å². The van der Waals surface area contributed by atoms with Gasteiger partial charge in [-0.1, -0.05) is 13.0 Å². The number of alkyl halides is 3. The first-order valence-corrected chi connectivity index (χ1v) is 9.12. The molecule has 4 fully saturated rings. The molecule has 0 spiro atoms. The molecule has 1 aliphatic carbocycles. The maximum Gasteiger partial charge on any atom is 0.416 e. The van der Waals surface area contributed by atoms with Crippen molar-refractivity contribution in [3.8, 4) is 0 Å². The minimum absolute atomic E-state index is 0.0252. The first-order valence-electron chi connectivity index (χ1n) is 9.12. The van der Waals surface area contributed by atoms with Gasteiger partial charge in [-0.25, -0.2) is 4.90 Å². The van der Waals surface area contributed by atoms with Gasteiger partial charge in [-0.2, -0.15) is 13.2 Å². The van der Waals surface area contributed by atoms with Crippen molar-refractivity contribution in [2.24, 2.45) is 17.8 Å². The zero-order valence-corrected chi connectivity index (χ0v) is 14.5. The molecule has 0 N–H and O–H groups in total. The number of benzene rings is 1. The van der Waals surface area contributed by atoms with Crippen molar-refractivity contribution in [3.05, 3.63) is 29.8 Å². The molecule has 4 nitrogen and oxygen atoms in total. The van der Waals surface area contributed by atoms with Crippen LogP contribution in [0, 0.1) is 17.8 Å². The Morgan fingerprint density at radius 2 is 1.85 bits per heavy atom. The number of hydrogen-bond acceptors (Lipinski definition) is 3. The number of imide groups is 1. The van der Waals surface area contributed by atoms with E-state index in [0.29, 0.717) is 0 Å². The second kappa shape index (κ2) is 6.08. The van der Waals surface area contributed by atoms with E-state index in [1.54, 1.807) is 0 Å². The summed E-state index contributed by atoms with van der Waals surface area (Å²) in [6.07, 6.45) is -1.76. The standard InChI is InChI=1S/C19H21F3N2O2/c1-2-8-23-10-11-6-7-14(23)16-15(11)17(25)24(18(16)26)13-5-3-4-12(9-13)19(20,21)22/h3-5,9,11,14-16H,2,6-8,10H2,1H3. The number of carbonyl (C=O) groups is 2. The number of fused-ring (bicyclic) bond motifs is 2. The molecule has 1 aromatic carbocycles. The lowest BCUT2D eigenvalue weighted by Crippen LogP contribution is -2.58.